The van der Waals surface area contributed by atoms with Crippen LogP contribution >= 0.6 is 15.9 Å². The maximum absolute atomic E-state index is 5.99. The van der Waals surface area contributed by atoms with Crippen molar-refractivity contribution in [3.8, 4) is 0 Å². The van der Waals surface area contributed by atoms with E-state index in [1.165, 1.54) is 0 Å². The number of likely N-dealkylation sites (tertiary alicyclic amines) is 1. The molecule has 106 valence electrons. The van der Waals surface area contributed by atoms with Crippen molar-refractivity contribution in [2.45, 2.75) is 18.9 Å². The molecule has 7 heteroatoms. The fraction of sp³-hybridized carbons (Fsp3) is 0.462. The van der Waals surface area contributed by atoms with E-state index >= 15 is 0 Å². The van der Waals surface area contributed by atoms with Gasteiger partial charge in [-0.3, -0.25) is 0 Å². The minimum Gasteiger partial charge on any atom is -0.383 e. The zero-order chi connectivity index (χ0) is 14.1. The van der Waals surface area contributed by atoms with Crippen LogP contribution in [-0.4, -0.2) is 46.0 Å². The second kappa shape index (κ2) is 5.49. The van der Waals surface area contributed by atoms with Crippen molar-refractivity contribution in [1.82, 2.24) is 19.9 Å². The van der Waals surface area contributed by atoms with Gasteiger partial charge in [0.1, 0.15) is 5.82 Å². The summed E-state index contributed by atoms with van der Waals surface area (Å²) in [7, 11) is 2.14. The average Bonchev–Trinajstić information content (AvgIpc) is 2.42. The topological polar surface area (TPSA) is 80.0 Å². The molecule has 3 heterocycles. The number of piperidine rings is 1. The summed E-state index contributed by atoms with van der Waals surface area (Å²) in [6, 6.07) is 2.29. The van der Waals surface area contributed by atoms with Crippen LogP contribution in [0.1, 0.15) is 12.8 Å². The van der Waals surface area contributed by atoms with Crippen molar-refractivity contribution in [2.75, 3.05) is 31.2 Å². The predicted molar refractivity (Wildman–Crippen MR) is 83.6 cm³/mol. The number of hydrogen-bond donors (Lipinski definition) is 2. The van der Waals surface area contributed by atoms with Gasteiger partial charge in [-0.05, 0) is 55.0 Å². The summed E-state index contributed by atoms with van der Waals surface area (Å²) in [6.07, 6.45) is 3.89. The fourth-order valence-corrected chi connectivity index (χ4v) is 2.74. The molecule has 3 N–H and O–H groups in total. The van der Waals surface area contributed by atoms with E-state index in [9.17, 15) is 0 Å². The Morgan fingerprint density at radius 1 is 1.35 bits per heavy atom. The molecule has 3 rings (SSSR count). The van der Waals surface area contributed by atoms with Crippen LogP contribution in [0.5, 0.6) is 0 Å². The molecule has 0 radical (unpaired) electrons. The quantitative estimate of drug-likeness (QED) is 0.871. The van der Waals surface area contributed by atoms with Gasteiger partial charge in [-0.25, -0.2) is 4.98 Å². The van der Waals surface area contributed by atoms with Gasteiger partial charge in [0.05, 0.1) is 5.39 Å². The van der Waals surface area contributed by atoms with Crippen LogP contribution in [0.2, 0.25) is 0 Å². The highest BCUT2D eigenvalue weighted by Gasteiger charge is 2.18. The molecule has 0 bridgehead atoms. The molecule has 1 saturated heterocycles. The van der Waals surface area contributed by atoms with Crippen LogP contribution in [0, 0.1) is 0 Å². The second-order valence-electron chi connectivity index (χ2n) is 5.18. The molecule has 0 spiro atoms. The van der Waals surface area contributed by atoms with Crippen molar-refractivity contribution in [1.29, 1.82) is 0 Å². The SMILES string of the molecule is CN1CCC(Nc2nc(N)c3cc(Br)cnc3n2)CC1. The molecule has 0 amide bonds. The Balaban J connectivity index is 1.83. The number of halogens is 1. The largest absolute Gasteiger partial charge is 0.383 e. The first-order valence-corrected chi connectivity index (χ1v) is 7.45. The van der Waals surface area contributed by atoms with Gasteiger partial charge in [0.2, 0.25) is 5.95 Å². The Morgan fingerprint density at radius 2 is 2.10 bits per heavy atom. The summed E-state index contributed by atoms with van der Waals surface area (Å²) in [4.78, 5) is 15.4. The van der Waals surface area contributed by atoms with Crippen LogP contribution in [0.3, 0.4) is 0 Å². The minimum absolute atomic E-state index is 0.401. The zero-order valence-electron chi connectivity index (χ0n) is 11.3. The normalized spacial score (nSPS) is 17.5. The number of rotatable bonds is 2. The van der Waals surface area contributed by atoms with Gasteiger partial charge in [-0.15, -0.1) is 0 Å². The summed E-state index contributed by atoms with van der Waals surface area (Å²) in [5.74, 6) is 1.03. The molecule has 2 aromatic heterocycles. The maximum atomic E-state index is 5.99. The number of aromatic nitrogens is 3. The van der Waals surface area contributed by atoms with Crippen molar-refractivity contribution in [3.05, 3.63) is 16.7 Å². The minimum atomic E-state index is 0.401. The molecular weight excluding hydrogens is 320 g/mol. The van der Waals surface area contributed by atoms with E-state index in [0.29, 0.717) is 23.5 Å². The smallest absolute Gasteiger partial charge is 0.226 e. The summed E-state index contributed by atoms with van der Waals surface area (Å²) in [5, 5.41) is 4.14. The highest BCUT2D eigenvalue weighted by molar-refractivity contribution is 9.10. The van der Waals surface area contributed by atoms with Gasteiger partial charge >= 0.3 is 0 Å². The van der Waals surface area contributed by atoms with Crippen LogP contribution in [0.4, 0.5) is 11.8 Å². The molecule has 0 aliphatic carbocycles. The van der Waals surface area contributed by atoms with E-state index in [0.717, 1.165) is 35.8 Å². The second-order valence-corrected chi connectivity index (χ2v) is 6.09. The van der Waals surface area contributed by atoms with Crippen LogP contribution in [-0.2, 0) is 0 Å². The summed E-state index contributed by atoms with van der Waals surface area (Å²) in [6.45, 7) is 2.18. The molecule has 0 atom stereocenters. The van der Waals surface area contributed by atoms with Gasteiger partial charge in [0, 0.05) is 16.7 Å². The van der Waals surface area contributed by atoms with Gasteiger partial charge in [0.15, 0.2) is 5.65 Å². The molecule has 1 aliphatic rings. The highest BCUT2D eigenvalue weighted by Crippen LogP contribution is 2.22. The van der Waals surface area contributed by atoms with E-state index < -0.39 is 0 Å². The average molecular weight is 337 g/mol. The number of nitrogens with zero attached hydrogens (tertiary/aromatic N) is 4. The number of anilines is 2. The first kappa shape index (κ1) is 13.5. The molecular formula is C13H17BrN6. The van der Waals surface area contributed by atoms with E-state index in [-0.39, 0.29) is 0 Å². The summed E-state index contributed by atoms with van der Waals surface area (Å²) >= 11 is 3.38. The number of hydrogen-bond acceptors (Lipinski definition) is 6. The Bertz CT molecular complexity index is 624. The fourth-order valence-electron chi connectivity index (χ4n) is 2.41. The zero-order valence-corrected chi connectivity index (χ0v) is 12.9. The number of pyridine rings is 1. The molecule has 0 saturated carbocycles. The number of fused-ring (bicyclic) bond motifs is 1. The number of nitrogens with one attached hydrogen (secondary N) is 1. The molecule has 20 heavy (non-hydrogen) atoms. The monoisotopic (exact) mass is 336 g/mol. The van der Waals surface area contributed by atoms with E-state index in [1.807, 2.05) is 6.07 Å². The van der Waals surface area contributed by atoms with Gasteiger partial charge in [-0.2, -0.15) is 9.97 Å². The first-order valence-electron chi connectivity index (χ1n) is 6.65. The van der Waals surface area contributed by atoms with Gasteiger partial charge in [-0.1, -0.05) is 0 Å². The van der Waals surface area contributed by atoms with Crippen molar-refractivity contribution in [3.63, 3.8) is 0 Å². The Hall–Kier alpha value is -1.47. The van der Waals surface area contributed by atoms with Crippen molar-refractivity contribution in [2.24, 2.45) is 0 Å². The van der Waals surface area contributed by atoms with E-state index in [1.54, 1.807) is 6.20 Å². The Kier molecular flexibility index (Phi) is 3.71. The summed E-state index contributed by atoms with van der Waals surface area (Å²) in [5.41, 5.74) is 6.61. The Morgan fingerprint density at radius 3 is 2.85 bits per heavy atom. The third-order valence-corrected chi connectivity index (χ3v) is 4.03. The van der Waals surface area contributed by atoms with Crippen LogP contribution < -0.4 is 11.1 Å². The summed E-state index contributed by atoms with van der Waals surface area (Å²) < 4.78 is 0.872. The standard InChI is InChI=1S/C13H17BrN6/c1-20-4-2-9(3-5-20)17-13-18-11(15)10-6-8(14)7-16-12(10)19-13/h6-7,9H,2-5H2,1H3,(H3,15,16,17,18,19). The molecule has 0 unspecified atom stereocenters. The lowest BCUT2D eigenvalue weighted by Gasteiger charge is -2.29. The van der Waals surface area contributed by atoms with E-state index in [4.69, 9.17) is 5.73 Å². The van der Waals surface area contributed by atoms with E-state index in [2.05, 4.69) is 48.1 Å². The molecule has 0 aromatic carbocycles. The molecule has 2 aromatic rings. The Labute approximate surface area is 125 Å². The van der Waals surface area contributed by atoms with Crippen LogP contribution in [0.25, 0.3) is 11.0 Å². The molecule has 1 fully saturated rings. The van der Waals surface area contributed by atoms with Crippen molar-refractivity contribution >= 4 is 38.7 Å². The van der Waals surface area contributed by atoms with Crippen molar-refractivity contribution < 1.29 is 0 Å². The first-order chi connectivity index (χ1) is 9.61. The lowest BCUT2D eigenvalue weighted by Crippen LogP contribution is -2.37. The maximum Gasteiger partial charge on any atom is 0.226 e. The third-order valence-electron chi connectivity index (χ3n) is 3.60. The third kappa shape index (κ3) is 2.83. The van der Waals surface area contributed by atoms with Gasteiger partial charge in [0.25, 0.3) is 0 Å². The lowest BCUT2D eigenvalue weighted by atomic mass is 10.1. The lowest BCUT2D eigenvalue weighted by molar-refractivity contribution is 0.263. The molecule has 6 nitrogen and oxygen atoms in total. The highest BCUT2D eigenvalue weighted by atomic mass is 79.9. The number of nitrogens with two attached hydrogens (primary N) is 1. The predicted octanol–water partition coefficient (Wildman–Crippen LogP) is 1.88. The number of nitrogen functional groups attached to an aromatic ring is 1. The van der Waals surface area contributed by atoms with Crippen LogP contribution in [0.15, 0.2) is 16.7 Å². The molecule has 1 aliphatic heterocycles. The van der Waals surface area contributed by atoms with Gasteiger partial charge < -0.3 is 16.0 Å².